The van der Waals surface area contributed by atoms with Crippen LogP contribution in [0.15, 0.2) is 188 Å². The minimum absolute atomic E-state index is 1.15. The van der Waals surface area contributed by atoms with Gasteiger partial charge in [-0.2, -0.15) is 0 Å². The van der Waals surface area contributed by atoms with Crippen molar-refractivity contribution in [2.24, 2.45) is 0 Å². The number of para-hydroxylation sites is 4. The van der Waals surface area contributed by atoms with Crippen molar-refractivity contribution in [1.82, 2.24) is 13.7 Å². The van der Waals surface area contributed by atoms with Crippen LogP contribution in [0.2, 0.25) is 0 Å². The molecule has 3 heterocycles. The van der Waals surface area contributed by atoms with Gasteiger partial charge in [-0.3, -0.25) is 0 Å². The standard InChI is InChI=1S/C48H31N3/c1-2-12-32(13-3-1)33-22-24-34(25-23-33)49-45-20-10-6-16-39(45)41-31-36(26-28-47(41)49)51-46-21-11-7-17-40(46)42-30-35(27-29-48(42)51)50-43-18-8-4-14-37(43)38-15-5-9-19-44(38)50/h1-31H. The molecule has 0 aliphatic heterocycles. The van der Waals surface area contributed by atoms with Gasteiger partial charge in [-0.15, -0.1) is 0 Å². The highest BCUT2D eigenvalue weighted by molar-refractivity contribution is 6.13. The lowest BCUT2D eigenvalue weighted by atomic mass is 10.1. The molecule has 0 aliphatic carbocycles. The molecular weight excluding hydrogens is 619 g/mol. The second-order valence-electron chi connectivity index (χ2n) is 13.4. The van der Waals surface area contributed by atoms with Crippen molar-refractivity contribution in [1.29, 1.82) is 0 Å². The highest BCUT2D eigenvalue weighted by Crippen LogP contribution is 2.39. The van der Waals surface area contributed by atoms with Crippen molar-refractivity contribution in [2.45, 2.75) is 0 Å². The van der Waals surface area contributed by atoms with Gasteiger partial charge in [0.15, 0.2) is 0 Å². The quantitative estimate of drug-likeness (QED) is 0.180. The molecule has 0 saturated carbocycles. The van der Waals surface area contributed by atoms with Gasteiger partial charge in [0.25, 0.3) is 0 Å². The van der Waals surface area contributed by atoms with Gasteiger partial charge in [0.2, 0.25) is 0 Å². The van der Waals surface area contributed by atoms with Crippen LogP contribution in [0.4, 0.5) is 0 Å². The third-order valence-electron chi connectivity index (χ3n) is 10.6. The van der Waals surface area contributed by atoms with Crippen molar-refractivity contribution >= 4 is 65.4 Å². The fraction of sp³-hybridized carbons (Fsp3) is 0. The van der Waals surface area contributed by atoms with E-state index in [0.29, 0.717) is 0 Å². The smallest absolute Gasteiger partial charge is 0.0542 e. The van der Waals surface area contributed by atoms with Crippen LogP contribution in [-0.2, 0) is 0 Å². The lowest BCUT2D eigenvalue weighted by Crippen LogP contribution is -1.96. The van der Waals surface area contributed by atoms with E-state index in [1.807, 2.05) is 0 Å². The fourth-order valence-electron chi connectivity index (χ4n) is 8.39. The Morgan fingerprint density at radius 3 is 0.980 bits per heavy atom. The molecule has 0 aliphatic rings. The Morgan fingerprint density at radius 1 is 0.216 bits per heavy atom. The molecule has 0 spiro atoms. The summed E-state index contributed by atoms with van der Waals surface area (Å²) >= 11 is 0. The van der Waals surface area contributed by atoms with Crippen LogP contribution in [-0.4, -0.2) is 13.7 Å². The zero-order valence-electron chi connectivity index (χ0n) is 27.7. The second-order valence-corrected chi connectivity index (χ2v) is 13.4. The van der Waals surface area contributed by atoms with Crippen LogP contribution in [0.5, 0.6) is 0 Å². The van der Waals surface area contributed by atoms with Crippen LogP contribution in [0, 0.1) is 0 Å². The normalized spacial score (nSPS) is 11.9. The Labute approximate surface area is 294 Å². The Balaban J connectivity index is 1.11. The molecule has 0 amide bonds. The van der Waals surface area contributed by atoms with Gasteiger partial charge in [0, 0.05) is 49.4 Å². The van der Waals surface area contributed by atoms with Crippen LogP contribution >= 0.6 is 0 Å². The Bertz CT molecular complexity index is 3070. The maximum atomic E-state index is 2.43. The van der Waals surface area contributed by atoms with Crippen molar-refractivity contribution in [3.8, 4) is 28.2 Å². The summed E-state index contributed by atoms with van der Waals surface area (Å²) in [7, 11) is 0. The molecule has 0 radical (unpaired) electrons. The van der Waals surface area contributed by atoms with Crippen molar-refractivity contribution < 1.29 is 0 Å². The molecule has 3 heteroatoms. The van der Waals surface area contributed by atoms with E-state index in [1.54, 1.807) is 0 Å². The van der Waals surface area contributed by atoms with E-state index in [9.17, 15) is 0 Å². The first kappa shape index (κ1) is 28.0. The molecular formula is C48H31N3. The van der Waals surface area contributed by atoms with Gasteiger partial charge < -0.3 is 13.7 Å². The fourth-order valence-corrected chi connectivity index (χ4v) is 8.39. The second kappa shape index (κ2) is 10.8. The molecule has 0 bridgehead atoms. The molecule has 8 aromatic carbocycles. The summed E-state index contributed by atoms with van der Waals surface area (Å²) in [4.78, 5) is 0. The van der Waals surface area contributed by atoms with Gasteiger partial charge >= 0.3 is 0 Å². The number of hydrogen-bond donors (Lipinski definition) is 0. The van der Waals surface area contributed by atoms with E-state index in [4.69, 9.17) is 0 Å². The first-order chi connectivity index (χ1) is 25.3. The molecule has 0 fully saturated rings. The molecule has 0 N–H and O–H groups in total. The van der Waals surface area contributed by atoms with E-state index in [-0.39, 0.29) is 0 Å². The maximum Gasteiger partial charge on any atom is 0.0542 e. The van der Waals surface area contributed by atoms with Crippen molar-refractivity contribution in [2.75, 3.05) is 0 Å². The summed E-state index contributed by atoms with van der Waals surface area (Å²) < 4.78 is 7.23. The molecule has 0 atom stereocenters. The SMILES string of the molecule is c1ccc(-c2ccc(-n3c4ccccc4c4cc(-n5c6ccccc6c6cc(-n7c8ccccc8c8ccccc87)ccc65)ccc43)cc2)cc1. The molecule has 11 rings (SSSR count). The van der Waals surface area contributed by atoms with Crippen molar-refractivity contribution in [3.05, 3.63) is 188 Å². The summed E-state index contributed by atoms with van der Waals surface area (Å²) in [6.45, 7) is 0. The van der Waals surface area contributed by atoms with Crippen molar-refractivity contribution in [3.63, 3.8) is 0 Å². The van der Waals surface area contributed by atoms with E-state index < -0.39 is 0 Å². The summed E-state index contributed by atoms with van der Waals surface area (Å²) in [5.41, 5.74) is 13.2. The van der Waals surface area contributed by atoms with Crippen LogP contribution < -0.4 is 0 Å². The van der Waals surface area contributed by atoms with E-state index >= 15 is 0 Å². The summed E-state index contributed by atoms with van der Waals surface area (Å²) in [5, 5.41) is 7.52. The van der Waals surface area contributed by atoms with Gasteiger partial charge in [-0.1, -0.05) is 115 Å². The molecule has 3 aromatic heterocycles. The van der Waals surface area contributed by atoms with Gasteiger partial charge in [0.1, 0.15) is 0 Å². The lowest BCUT2D eigenvalue weighted by Gasteiger charge is -2.12. The lowest BCUT2D eigenvalue weighted by molar-refractivity contribution is 1.16. The minimum Gasteiger partial charge on any atom is -0.309 e. The third kappa shape index (κ3) is 4.12. The summed E-state index contributed by atoms with van der Waals surface area (Å²) in [5.74, 6) is 0. The Hall–Kier alpha value is -6.84. The Kier molecular flexibility index (Phi) is 5.96. The zero-order valence-corrected chi connectivity index (χ0v) is 27.7. The molecule has 238 valence electrons. The predicted octanol–water partition coefficient (Wildman–Crippen LogP) is 12.6. The number of fused-ring (bicyclic) bond motifs is 9. The average Bonchev–Trinajstić information content (AvgIpc) is 3.83. The van der Waals surface area contributed by atoms with Crippen LogP contribution in [0.25, 0.3) is 93.6 Å². The van der Waals surface area contributed by atoms with Gasteiger partial charge in [-0.05, 0) is 83.9 Å². The van der Waals surface area contributed by atoms with E-state index in [1.165, 1.54) is 82.2 Å². The topological polar surface area (TPSA) is 14.8 Å². The average molecular weight is 650 g/mol. The number of hydrogen-bond acceptors (Lipinski definition) is 0. The molecule has 11 aromatic rings. The highest BCUT2D eigenvalue weighted by Gasteiger charge is 2.18. The van der Waals surface area contributed by atoms with Gasteiger partial charge in [0.05, 0.1) is 33.1 Å². The maximum absolute atomic E-state index is 2.43. The molecule has 0 saturated heterocycles. The predicted molar refractivity (Wildman–Crippen MR) is 215 cm³/mol. The minimum atomic E-state index is 1.15. The van der Waals surface area contributed by atoms with Gasteiger partial charge in [-0.25, -0.2) is 0 Å². The van der Waals surface area contributed by atoms with Crippen LogP contribution in [0.1, 0.15) is 0 Å². The summed E-state index contributed by atoms with van der Waals surface area (Å²) in [6.07, 6.45) is 0. The molecule has 0 unspecified atom stereocenters. The largest absolute Gasteiger partial charge is 0.309 e. The monoisotopic (exact) mass is 649 g/mol. The molecule has 3 nitrogen and oxygen atoms in total. The van der Waals surface area contributed by atoms with E-state index in [2.05, 4.69) is 202 Å². The third-order valence-corrected chi connectivity index (χ3v) is 10.6. The number of aromatic nitrogens is 3. The van der Waals surface area contributed by atoms with E-state index in [0.717, 1.165) is 11.4 Å². The zero-order chi connectivity index (χ0) is 33.5. The first-order valence-corrected chi connectivity index (χ1v) is 17.5. The van der Waals surface area contributed by atoms with Crippen LogP contribution in [0.3, 0.4) is 0 Å². The molecule has 51 heavy (non-hydrogen) atoms. The number of benzene rings is 8. The highest BCUT2D eigenvalue weighted by atomic mass is 15.0. The number of rotatable bonds is 4. The Morgan fingerprint density at radius 2 is 0.529 bits per heavy atom. The number of nitrogens with zero attached hydrogens (tertiary/aromatic N) is 3. The summed E-state index contributed by atoms with van der Waals surface area (Å²) in [6, 6.07) is 68.4. The first-order valence-electron chi connectivity index (χ1n) is 17.5.